The predicted octanol–water partition coefficient (Wildman–Crippen LogP) is 4.73. The summed E-state index contributed by atoms with van der Waals surface area (Å²) in [5.41, 5.74) is 1.05. The molecule has 234 valence electrons. The predicted molar refractivity (Wildman–Crippen MR) is 167 cm³/mol. The first-order valence-electron chi connectivity index (χ1n) is 13.5. The highest BCUT2D eigenvalue weighted by molar-refractivity contribution is 8.24. The molecule has 2 aromatic carbocycles. The zero-order valence-corrected chi connectivity index (χ0v) is 27.5. The molecule has 0 aromatic heterocycles. The molecule has 1 heterocycles. The maximum absolute atomic E-state index is 12.9. The zero-order valence-electron chi connectivity index (χ0n) is 24.9. The van der Waals surface area contributed by atoms with E-state index in [0.717, 1.165) is 15.9 Å². The second-order valence-electron chi connectivity index (χ2n) is 12.2. The van der Waals surface area contributed by atoms with Crippen molar-refractivity contribution in [2.45, 2.75) is 65.1 Å². The molecule has 2 amide bonds. The Kier molecular flexibility index (Phi) is 10.6. The van der Waals surface area contributed by atoms with Crippen LogP contribution < -0.4 is 18.5 Å². The van der Waals surface area contributed by atoms with Gasteiger partial charge in [-0.2, -0.15) is 13.1 Å². The van der Waals surface area contributed by atoms with Crippen LogP contribution in [0.2, 0.25) is 25.7 Å². The summed E-state index contributed by atoms with van der Waals surface area (Å²) in [5.74, 6) is -0.0656. The summed E-state index contributed by atoms with van der Waals surface area (Å²) in [6.07, 6.45) is -0.858. The van der Waals surface area contributed by atoms with Gasteiger partial charge in [0, 0.05) is 21.2 Å². The maximum atomic E-state index is 12.9. The lowest BCUT2D eigenvalue weighted by molar-refractivity contribution is -0.123. The van der Waals surface area contributed by atoms with Gasteiger partial charge in [0.05, 0.1) is 0 Å². The number of hydrogen-bond donors (Lipinski definition) is 4. The van der Waals surface area contributed by atoms with E-state index in [2.05, 4.69) is 24.4 Å². The number of amides is 2. The van der Waals surface area contributed by atoms with Crippen molar-refractivity contribution in [3.63, 3.8) is 0 Å². The summed E-state index contributed by atoms with van der Waals surface area (Å²) in [5, 5.41) is 0. The Morgan fingerprint density at radius 1 is 1.07 bits per heavy atom. The third kappa shape index (κ3) is 9.88. The van der Waals surface area contributed by atoms with Crippen molar-refractivity contribution in [1.82, 2.24) is 13.7 Å². The summed E-state index contributed by atoms with van der Waals surface area (Å²) < 4.78 is 64.6. The molecule has 0 saturated carbocycles. The Morgan fingerprint density at radius 2 is 1.74 bits per heavy atom. The van der Waals surface area contributed by atoms with Crippen molar-refractivity contribution in [2.24, 2.45) is 0 Å². The van der Waals surface area contributed by atoms with E-state index in [1.807, 2.05) is 35.1 Å². The highest BCUT2D eigenvalue weighted by Gasteiger charge is 2.44. The molecule has 1 aliphatic heterocycles. The lowest BCUT2D eigenvalue weighted by Gasteiger charge is -2.43. The van der Waals surface area contributed by atoms with Gasteiger partial charge in [0.1, 0.15) is 30.2 Å². The number of rotatable bonds is 12. The van der Waals surface area contributed by atoms with Crippen LogP contribution in [0.5, 0.6) is 5.75 Å². The molecule has 0 unspecified atom stereocenters. The first kappa shape index (κ1) is 33.7. The van der Waals surface area contributed by atoms with Crippen LogP contribution in [0.25, 0.3) is 0 Å². The highest BCUT2D eigenvalue weighted by atomic mass is 32.3. The molecular weight excluding hydrogens is 601 g/mol. The first-order chi connectivity index (χ1) is 19.4. The van der Waals surface area contributed by atoms with Gasteiger partial charge >= 0.3 is 16.3 Å². The minimum atomic E-state index is -4.16. The molecule has 1 fully saturated rings. The molecule has 1 aliphatic rings. The number of carbonyl (C=O) groups excluding carboxylic acids is 2. The summed E-state index contributed by atoms with van der Waals surface area (Å²) in [6.45, 7) is 11.5. The Hall–Kier alpha value is -2.82. The average molecular weight is 643 g/mol. The molecular formula is C27H42N4O8S2Si. The summed E-state index contributed by atoms with van der Waals surface area (Å²) in [6, 6.07) is 15.1. The number of nitrogens with zero attached hydrogens (tertiary/aromatic N) is 2. The van der Waals surface area contributed by atoms with Crippen molar-refractivity contribution in [1.29, 1.82) is 0 Å². The van der Waals surface area contributed by atoms with E-state index < -0.39 is 40.9 Å². The third-order valence-corrected chi connectivity index (χ3v) is 10.7. The molecule has 3 rings (SSSR count). The largest absolute Gasteiger partial charge is 0.487 e. The lowest BCUT2D eigenvalue weighted by Crippen LogP contribution is -2.43. The smallest absolute Gasteiger partial charge is 0.422 e. The van der Waals surface area contributed by atoms with Gasteiger partial charge in [0.15, 0.2) is 0 Å². The number of carbonyl (C=O) groups is 2. The molecule has 12 nitrogen and oxygen atoms in total. The van der Waals surface area contributed by atoms with Crippen LogP contribution in [-0.4, -0.2) is 67.1 Å². The van der Waals surface area contributed by atoms with E-state index in [9.17, 15) is 27.1 Å². The van der Waals surface area contributed by atoms with Gasteiger partial charge < -0.3 is 9.47 Å². The minimum absolute atomic E-state index is 0.0442. The molecule has 1 saturated heterocycles. The van der Waals surface area contributed by atoms with E-state index in [1.165, 1.54) is 4.31 Å². The lowest BCUT2D eigenvalue weighted by atomic mass is 10.1. The SMILES string of the molecule is CC(C)(C)OC(=O)NS(=O)(=O)NCCc1ccc(N2CC(=O)N(CC[Si](C)(C)C)S2(O)O)c(OCc2ccccc2)c1. The molecule has 2 aromatic rings. The first-order valence-corrected chi connectivity index (χ1v) is 20.2. The number of hydrogen-bond acceptors (Lipinski definition) is 9. The highest BCUT2D eigenvalue weighted by Crippen LogP contribution is 2.55. The van der Waals surface area contributed by atoms with Crippen molar-refractivity contribution >= 4 is 46.9 Å². The monoisotopic (exact) mass is 642 g/mol. The summed E-state index contributed by atoms with van der Waals surface area (Å²) in [4.78, 5) is 24.7. The van der Waals surface area contributed by atoms with E-state index in [4.69, 9.17) is 9.47 Å². The molecule has 0 bridgehead atoms. The van der Waals surface area contributed by atoms with Gasteiger partial charge in [-0.25, -0.2) is 18.1 Å². The molecule has 15 heteroatoms. The number of anilines is 1. The molecule has 0 spiro atoms. The van der Waals surface area contributed by atoms with E-state index in [0.29, 0.717) is 17.0 Å². The Bertz CT molecular complexity index is 1360. The van der Waals surface area contributed by atoms with Crippen LogP contribution in [0, 0.1) is 0 Å². The molecule has 4 N–H and O–H groups in total. The van der Waals surface area contributed by atoms with E-state index in [-0.39, 0.29) is 38.6 Å². The molecule has 0 radical (unpaired) electrons. The van der Waals surface area contributed by atoms with Gasteiger partial charge in [-0.15, -0.1) is 0 Å². The summed E-state index contributed by atoms with van der Waals surface area (Å²) in [7, 11) is -9.34. The van der Waals surface area contributed by atoms with Gasteiger partial charge in [0.2, 0.25) is 0 Å². The number of nitrogens with one attached hydrogen (secondary N) is 2. The molecule has 42 heavy (non-hydrogen) atoms. The van der Waals surface area contributed by atoms with Crippen LogP contribution in [0.3, 0.4) is 0 Å². The third-order valence-electron chi connectivity index (χ3n) is 6.07. The molecule has 0 aliphatic carbocycles. The van der Waals surface area contributed by atoms with Crippen LogP contribution in [0.1, 0.15) is 31.9 Å². The van der Waals surface area contributed by atoms with Gasteiger partial charge in [0.25, 0.3) is 5.91 Å². The van der Waals surface area contributed by atoms with E-state index >= 15 is 0 Å². The van der Waals surface area contributed by atoms with Crippen LogP contribution in [0.4, 0.5) is 10.5 Å². The standard InChI is InChI=1S/C27H42N4O8S2Si/c1-27(2,3)39-26(33)29-40(34,35)28-15-14-21-12-13-23(24(18-21)38-20-22-10-8-7-9-11-22)31-19-25(32)30(41(31,36)37)16-17-42(4,5)6/h7-13,18,28,36-37H,14-17,19-20H2,1-6H3,(H,29,33). The van der Waals surface area contributed by atoms with Gasteiger partial charge in [-0.3, -0.25) is 13.9 Å². The fourth-order valence-corrected chi connectivity index (χ4v) is 7.35. The zero-order chi connectivity index (χ0) is 31.3. The van der Waals surface area contributed by atoms with Crippen molar-refractivity contribution in [2.75, 3.05) is 23.9 Å². The fraction of sp³-hybridized carbons (Fsp3) is 0.481. The van der Waals surface area contributed by atoms with Crippen LogP contribution in [0.15, 0.2) is 48.5 Å². The average Bonchev–Trinajstić information content (AvgIpc) is 3.07. The normalized spacial score (nSPS) is 16.3. The minimum Gasteiger partial charge on any atom is -0.487 e. The van der Waals surface area contributed by atoms with Gasteiger partial charge in [-0.05, 0) is 67.5 Å². The van der Waals surface area contributed by atoms with Crippen molar-refractivity contribution in [3.8, 4) is 5.75 Å². The second kappa shape index (κ2) is 13.2. The Morgan fingerprint density at radius 3 is 2.36 bits per heavy atom. The van der Waals surface area contributed by atoms with Crippen LogP contribution in [-0.2, 0) is 32.8 Å². The quantitative estimate of drug-likeness (QED) is 0.240. The molecule has 0 atom stereocenters. The Labute approximate surface area is 251 Å². The Balaban J connectivity index is 1.79. The summed E-state index contributed by atoms with van der Waals surface area (Å²) >= 11 is 0. The topological polar surface area (TPSA) is 158 Å². The second-order valence-corrected chi connectivity index (χ2v) is 21.1. The van der Waals surface area contributed by atoms with Crippen molar-refractivity contribution < 1.29 is 36.6 Å². The fourth-order valence-electron chi connectivity index (χ4n) is 3.99. The van der Waals surface area contributed by atoms with Crippen LogP contribution >= 0.6 is 11.0 Å². The number of benzene rings is 2. The van der Waals surface area contributed by atoms with E-state index in [1.54, 1.807) is 39.0 Å². The van der Waals surface area contributed by atoms with Crippen molar-refractivity contribution in [3.05, 3.63) is 59.7 Å². The van der Waals surface area contributed by atoms with Gasteiger partial charge in [-0.1, -0.05) is 56.0 Å². The number of ether oxygens (including phenoxy) is 2. The maximum Gasteiger partial charge on any atom is 0.422 e.